The SMILES string of the molecule is CC(O)C(C)(C)C(C)O.O=C(O)c1ccccc1.O=S(=O)(O)c1ccccc1. The lowest BCUT2D eigenvalue weighted by Crippen LogP contribution is -2.36. The third kappa shape index (κ3) is 9.61. The number of carboxylic acid groups (broad SMARTS) is 1. The van der Waals surface area contributed by atoms with E-state index in [9.17, 15) is 13.2 Å². The van der Waals surface area contributed by atoms with Crippen LogP contribution in [0.1, 0.15) is 38.1 Å². The van der Waals surface area contributed by atoms with Gasteiger partial charge in [-0.05, 0) is 38.1 Å². The Kier molecular flexibility index (Phi) is 10.6. The van der Waals surface area contributed by atoms with Crippen molar-refractivity contribution in [3.05, 3.63) is 66.2 Å². The van der Waals surface area contributed by atoms with E-state index in [1.165, 1.54) is 12.1 Å². The zero-order valence-electron chi connectivity index (χ0n) is 16.4. The third-order valence-corrected chi connectivity index (χ3v) is 5.08. The monoisotopic (exact) mass is 412 g/mol. The van der Waals surface area contributed by atoms with Gasteiger partial charge in [-0.2, -0.15) is 8.42 Å². The Balaban J connectivity index is 0.000000392. The van der Waals surface area contributed by atoms with Crippen LogP contribution in [0.3, 0.4) is 0 Å². The lowest BCUT2D eigenvalue weighted by Gasteiger charge is -2.30. The molecule has 0 spiro atoms. The van der Waals surface area contributed by atoms with E-state index in [4.69, 9.17) is 19.9 Å². The van der Waals surface area contributed by atoms with Crippen molar-refractivity contribution in [1.29, 1.82) is 0 Å². The van der Waals surface area contributed by atoms with Gasteiger partial charge in [0.2, 0.25) is 0 Å². The second-order valence-corrected chi connectivity index (χ2v) is 8.05. The minimum Gasteiger partial charge on any atom is -0.478 e. The second kappa shape index (κ2) is 11.6. The molecule has 0 aliphatic heterocycles. The molecular weight excluding hydrogens is 384 g/mol. The largest absolute Gasteiger partial charge is 0.478 e. The number of aromatic carboxylic acids is 1. The third-order valence-electron chi connectivity index (χ3n) is 4.22. The Morgan fingerprint density at radius 1 is 0.857 bits per heavy atom. The highest BCUT2D eigenvalue weighted by atomic mass is 32.2. The Morgan fingerprint density at radius 3 is 1.39 bits per heavy atom. The highest BCUT2D eigenvalue weighted by Gasteiger charge is 2.29. The molecule has 4 N–H and O–H groups in total. The predicted octanol–water partition coefficient (Wildman–Crippen LogP) is 3.09. The molecule has 0 aliphatic carbocycles. The van der Waals surface area contributed by atoms with Gasteiger partial charge in [0.15, 0.2) is 0 Å². The van der Waals surface area contributed by atoms with Gasteiger partial charge in [0, 0.05) is 5.41 Å². The molecule has 0 aromatic heterocycles. The van der Waals surface area contributed by atoms with E-state index in [2.05, 4.69) is 0 Å². The summed E-state index contributed by atoms with van der Waals surface area (Å²) < 4.78 is 29.2. The average Bonchev–Trinajstić information content (AvgIpc) is 2.63. The first-order chi connectivity index (χ1) is 12.8. The first kappa shape index (κ1) is 25.7. The van der Waals surface area contributed by atoms with E-state index in [-0.39, 0.29) is 10.3 Å². The van der Waals surface area contributed by atoms with Gasteiger partial charge in [-0.1, -0.05) is 50.2 Å². The molecule has 8 heteroatoms. The van der Waals surface area contributed by atoms with Crippen LogP contribution in [0.2, 0.25) is 0 Å². The van der Waals surface area contributed by atoms with E-state index >= 15 is 0 Å². The summed E-state index contributed by atoms with van der Waals surface area (Å²) in [6, 6.07) is 15.7. The maximum absolute atomic E-state index is 10.4. The molecule has 2 aromatic carbocycles. The number of hydrogen-bond donors (Lipinski definition) is 4. The van der Waals surface area contributed by atoms with Crippen molar-refractivity contribution in [1.82, 2.24) is 0 Å². The van der Waals surface area contributed by atoms with Crippen molar-refractivity contribution >= 4 is 16.1 Å². The van der Waals surface area contributed by atoms with E-state index in [0.717, 1.165) is 0 Å². The number of aliphatic hydroxyl groups is 2. The van der Waals surface area contributed by atoms with Crippen LogP contribution in [-0.2, 0) is 10.1 Å². The highest BCUT2D eigenvalue weighted by Crippen LogP contribution is 2.24. The standard InChI is InChI=1S/C7H6O2.C7H16O2.C6H6O3S/c8-7(9)6-4-2-1-3-5-6;1-5(8)7(3,4)6(2)9;7-10(8,9)6-4-2-1-3-5-6/h1-5H,(H,8,9);5-6,8-9H,1-4H3;1-5H,(H,7,8,9). The van der Waals surface area contributed by atoms with E-state index < -0.39 is 28.3 Å². The molecule has 0 aliphatic rings. The molecule has 156 valence electrons. The zero-order valence-corrected chi connectivity index (χ0v) is 17.2. The fraction of sp³-hybridized carbons (Fsp3) is 0.350. The molecule has 28 heavy (non-hydrogen) atoms. The predicted molar refractivity (Wildman–Crippen MR) is 107 cm³/mol. The molecule has 0 radical (unpaired) electrons. The molecule has 0 saturated heterocycles. The smallest absolute Gasteiger partial charge is 0.335 e. The second-order valence-electron chi connectivity index (χ2n) is 6.63. The molecule has 0 saturated carbocycles. The van der Waals surface area contributed by atoms with E-state index in [0.29, 0.717) is 5.56 Å². The van der Waals surface area contributed by atoms with Crippen LogP contribution in [0.25, 0.3) is 0 Å². The molecule has 2 unspecified atom stereocenters. The lowest BCUT2D eigenvalue weighted by molar-refractivity contribution is -0.0289. The maximum atomic E-state index is 10.4. The van der Waals surface area contributed by atoms with Crippen LogP contribution in [-0.4, -0.2) is 46.5 Å². The highest BCUT2D eigenvalue weighted by molar-refractivity contribution is 7.85. The summed E-state index contributed by atoms with van der Waals surface area (Å²) in [4.78, 5) is 10.1. The van der Waals surface area contributed by atoms with Gasteiger partial charge in [0.05, 0.1) is 22.7 Å². The van der Waals surface area contributed by atoms with E-state index in [1.54, 1.807) is 62.4 Å². The topological polar surface area (TPSA) is 132 Å². The van der Waals surface area contributed by atoms with Crippen molar-refractivity contribution in [2.75, 3.05) is 0 Å². The van der Waals surface area contributed by atoms with Gasteiger partial charge in [0.25, 0.3) is 10.1 Å². The van der Waals surface area contributed by atoms with Gasteiger partial charge in [-0.3, -0.25) is 4.55 Å². The quantitative estimate of drug-likeness (QED) is 0.567. The number of aliphatic hydroxyl groups excluding tert-OH is 2. The fourth-order valence-corrected chi connectivity index (χ4v) is 2.02. The van der Waals surface area contributed by atoms with Gasteiger partial charge in [0.1, 0.15) is 0 Å². The summed E-state index contributed by atoms with van der Waals surface area (Å²) in [6.45, 7) is 7.05. The fourth-order valence-electron chi connectivity index (χ4n) is 1.52. The van der Waals surface area contributed by atoms with Gasteiger partial charge in [-0.15, -0.1) is 0 Å². The van der Waals surface area contributed by atoms with Crippen molar-refractivity contribution in [2.45, 2.75) is 44.8 Å². The molecule has 0 bridgehead atoms. The molecule has 7 nitrogen and oxygen atoms in total. The van der Waals surface area contributed by atoms with E-state index in [1.807, 2.05) is 13.8 Å². The van der Waals surface area contributed by atoms with Gasteiger partial charge >= 0.3 is 5.97 Å². The van der Waals surface area contributed by atoms with Crippen molar-refractivity contribution in [3.63, 3.8) is 0 Å². The maximum Gasteiger partial charge on any atom is 0.335 e. The number of hydrogen-bond acceptors (Lipinski definition) is 5. The van der Waals surface area contributed by atoms with Crippen LogP contribution < -0.4 is 0 Å². The summed E-state index contributed by atoms with van der Waals surface area (Å²) in [7, 11) is -4.00. The Bertz CT molecular complexity index is 789. The van der Waals surface area contributed by atoms with Crippen LogP contribution in [0.4, 0.5) is 0 Å². The number of rotatable bonds is 4. The molecule has 2 aromatic rings. The minimum absolute atomic E-state index is 0.0741. The Morgan fingerprint density at radius 2 is 1.21 bits per heavy atom. The van der Waals surface area contributed by atoms with Gasteiger partial charge in [-0.25, -0.2) is 4.79 Å². The van der Waals surface area contributed by atoms with Crippen LogP contribution in [0, 0.1) is 5.41 Å². The number of benzene rings is 2. The molecular formula is C20H28O7S. The van der Waals surface area contributed by atoms with Crippen molar-refractivity contribution in [2.24, 2.45) is 5.41 Å². The summed E-state index contributed by atoms with van der Waals surface area (Å²) in [5.41, 5.74) is -0.0579. The molecule has 0 fully saturated rings. The summed E-state index contributed by atoms with van der Waals surface area (Å²) >= 11 is 0. The van der Waals surface area contributed by atoms with Crippen LogP contribution in [0.5, 0.6) is 0 Å². The van der Waals surface area contributed by atoms with Crippen molar-refractivity contribution < 1.29 is 33.1 Å². The lowest BCUT2D eigenvalue weighted by atomic mass is 9.82. The van der Waals surface area contributed by atoms with Gasteiger partial charge < -0.3 is 15.3 Å². The normalized spacial score (nSPS) is 13.1. The zero-order chi connectivity index (χ0) is 22.0. The Hall–Kier alpha value is -2.26. The molecule has 0 heterocycles. The summed E-state index contributed by atoms with van der Waals surface area (Å²) in [5.74, 6) is -0.879. The van der Waals surface area contributed by atoms with Crippen molar-refractivity contribution in [3.8, 4) is 0 Å². The number of carboxylic acids is 1. The van der Waals surface area contributed by atoms with Crippen LogP contribution in [0.15, 0.2) is 65.6 Å². The summed E-state index contributed by atoms with van der Waals surface area (Å²) in [6.07, 6.45) is -0.921. The number of carbonyl (C=O) groups is 1. The minimum atomic E-state index is -4.00. The molecule has 2 atom stereocenters. The average molecular weight is 413 g/mol. The summed E-state index contributed by atoms with van der Waals surface area (Å²) in [5, 5.41) is 26.6. The Labute approximate surface area is 166 Å². The molecule has 0 amide bonds. The first-order valence-corrected chi connectivity index (χ1v) is 9.91. The first-order valence-electron chi connectivity index (χ1n) is 8.47. The molecule has 2 rings (SSSR count). The van der Waals surface area contributed by atoms with Crippen LogP contribution >= 0.6 is 0 Å².